The first kappa shape index (κ1) is 11.1. The van der Waals surface area contributed by atoms with Crippen LogP contribution < -0.4 is 11.1 Å². The standard InChI is InChI=1S/C8H14N4OS2/c9-3-7-11-12-8(13-7)10-4-6-5-14-1-2-15-6/h6H,1-5,9H2,(H,10,12). The average molecular weight is 246 g/mol. The Morgan fingerprint density at radius 3 is 3.07 bits per heavy atom. The van der Waals surface area contributed by atoms with E-state index in [1.807, 2.05) is 23.5 Å². The lowest BCUT2D eigenvalue weighted by Crippen LogP contribution is -2.23. The highest BCUT2D eigenvalue weighted by atomic mass is 32.2. The van der Waals surface area contributed by atoms with Crippen molar-refractivity contribution in [1.29, 1.82) is 0 Å². The van der Waals surface area contributed by atoms with Crippen LogP contribution in [-0.4, -0.2) is 39.3 Å². The summed E-state index contributed by atoms with van der Waals surface area (Å²) in [4.78, 5) is 0. The van der Waals surface area contributed by atoms with Crippen LogP contribution in [0.4, 0.5) is 6.01 Å². The summed E-state index contributed by atoms with van der Waals surface area (Å²) in [5.74, 6) is 4.16. The fourth-order valence-electron chi connectivity index (χ4n) is 1.26. The average Bonchev–Trinajstić information content (AvgIpc) is 2.76. The SMILES string of the molecule is NCc1nnc(NCC2CSCCS2)o1. The summed E-state index contributed by atoms with van der Waals surface area (Å²) < 4.78 is 5.25. The highest BCUT2D eigenvalue weighted by Gasteiger charge is 2.15. The van der Waals surface area contributed by atoms with E-state index in [4.69, 9.17) is 10.2 Å². The molecule has 0 amide bonds. The maximum Gasteiger partial charge on any atom is 0.315 e. The number of hydrogen-bond donors (Lipinski definition) is 2. The van der Waals surface area contributed by atoms with Crippen LogP contribution in [0.2, 0.25) is 0 Å². The van der Waals surface area contributed by atoms with Crippen LogP contribution in [0.3, 0.4) is 0 Å². The first-order chi connectivity index (χ1) is 7.38. The lowest BCUT2D eigenvalue weighted by atomic mass is 10.5. The predicted molar refractivity (Wildman–Crippen MR) is 64.3 cm³/mol. The Balaban J connectivity index is 1.76. The zero-order valence-corrected chi connectivity index (χ0v) is 9.94. The van der Waals surface area contributed by atoms with Crippen molar-refractivity contribution in [3.05, 3.63) is 5.89 Å². The maximum atomic E-state index is 5.37. The van der Waals surface area contributed by atoms with Crippen LogP contribution in [0.5, 0.6) is 0 Å². The Bertz CT molecular complexity index is 301. The van der Waals surface area contributed by atoms with Gasteiger partial charge < -0.3 is 15.5 Å². The van der Waals surface area contributed by atoms with Gasteiger partial charge in [0.1, 0.15) is 0 Å². The number of aromatic nitrogens is 2. The van der Waals surface area contributed by atoms with Crippen LogP contribution in [0.1, 0.15) is 5.89 Å². The second-order valence-electron chi connectivity index (χ2n) is 3.15. The largest absolute Gasteiger partial charge is 0.407 e. The molecule has 0 bridgehead atoms. The molecule has 1 atom stereocenters. The van der Waals surface area contributed by atoms with Gasteiger partial charge in [-0.25, -0.2) is 0 Å². The minimum Gasteiger partial charge on any atom is -0.407 e. The van der Waals surface area contributed by atoms with Crippen molar-refractivity contribution in [2.45, 2.75) is 11.8 Å². The molecule has 1 unspecified atom stereocenters. The van der Waals surface area contributed by atoms with E-state index in [2.05, 4.69) is 15.5 Å². The molecule has 7 heteroatoms. The molecule has 1 aliphatic rings. The van der Waals surface area contributed by atoms with Gasteiger partial charge in [-0.05, 0) is 0 Å². The molecule has 0 radical (unpaired) electrons. The molecule has 0 aromatic carbocycles. The Labute approximate surface area is 97.0 Å². The minimum atomic E-state index is 0.294. The van der Waals surface area contributed by atoms with Gasteiger partial charge in [-0.1, -0.05) is 5.10 Å². The summed E-state index contributed by atoms with van der Waals surface area (Å²) >= 11 is 4.00. The van der Waals surface area contributed by atoms with E-state index in [-0.39, 0.29) is 0 Å². The molecule has 1 fully saturated rings. The third kappa shape index (κ3) is 3.29. The topological polar surface area (TPSA) is 77.0 Å². The highest BCUT2D eigenvalue weighted by molar-refractivity contribution is 8.06. The fraction of sp³-hybridized carbons (Fsp3) is 0.750. The minimum absolute atomic E-state index is 0.294. The van der Waals surface area contributed by atoms with E-state index in [0.717, 1.165) is 6.54 Å². The molecule has 1 aliphatic heterocycles. The van der Waals surface area contributed by atoms with Crippen LogP contribution >= 0.6 is 23.5 Å². The van der Waals surface area contributed by atoms with E-state index < -0.39 is 0 Å². The van der Waals surface area contributed by atoms with E-state index in [1.54, 1.807) is 0 Å². The van der Waals surface area contributed by atoms with Crippen molar-refractivity contribution in [3.63, 3.8) is 0 Å². The van der Waals surface area contributed by atoms with Crippen LogP contribution in [0.25, 0.3) is 0 Å². The van der Waals surface area contributed by atoms with Crippen LogP contribution in [0.15, 0.2) is 4.42 Å². The van der Waals surface area contributed by atoms with Gasteiger partial charge in [-0.3, -0.25) is 0 Å². The Morgan fingerprint density at radius 2 is 2.40 bits per heavy atom. The molecule has 2 rings (SSSR count). The van der Waals surface area contributed by atoms with Gasteiger partial charge in [0.15, 0.2) is 0 Å². The quantitative estimate of drug-likeness (QED) is 0.813. The summed E-state index contributed by atoms with van der Waals surface area (Å²) in [6.45, 7) is 1.17. The third-order valence-electron chi connectivity index (χ3n) is 2.01. The second-order valence-corrected chi connectivity index (χ2v) is 5.71. The van der Waals surface area contributed by atoms with Gasteiger partial charge >= 0.3 is 6.01 Å². The Hall–Kier alpha value is -0.400. The number of anilines is 1. The maximum absolute atomic E-state index is 5.37. The lowest BCUT2D eigenvalue weighted by molar-refractivity contribution is 0.507. The molecular weight excluding hydrogens is 232 g/mol. The van der Waals surface area contributed by atoms with Crippen molar-refractivity contribution in [3.8, 4) is 0 Å². The number of rotatable bonds is 4. The number of hydrogen-bond acceptors (Lipinski definition) is 7. The van der Waals surface area contributed by atoms with E-state index in [9.17, 15) is 0 Å². The van der Waals surface area contributed by atoms with Crippen molar-refractivity contribution < 1.29 is 4.42 Å². The van der Waals surface area contributed by atoms with Crippen LogP contribution in [0, 0.1) is 0 Å². The Morgan fingerprint density at radius 1 is 1.47 bits per heavy atom. The molecule has 84 valence electrons. The van der Waals surface area contributed by atoms with Gasteiger partial charge in [0.05, 0.1) is 6.54 Å². The molecule has 5 nitrogen and oxygen atoms in total. The molecule has 3 N–H and O–H groups in total. The smallest absolute Gasteiger partial charge is 0.315 e. The Kier molecular flexibility index (Phi) is 4.16. The van der Waals surface area contributed by atoms with Gasteiger partial charge in [0.2, 0.25) is 5.89 Å². The zero-order chi connectivity index (χ0) is 10.5. The molecule has 1 aromatic heterocycles. The molecule has 0 spiro atoms. The summed E-state index contributed by atoms with van der Waals surface area (Å²) in [7, 11) is 0. The van der Waals surface area contributed by atoms with Crippen molar-refractivity contribution in [1.82, 2.24) is 10.2 Å². The molecule has 1 saturated heterocycles. The summed E-state index contributed by atoms with van der Waals surface area (Å²) in [6.07, 6.45) is 0. The van der Waals surface area contributed by atoms with Gasteiger partial charge in [0.25, 0.3) is 0 Å². The number of nitrogens with two attached hydrogens (primary N) is 1. The van der Waals surface area contributed by atoms with Gasteiger partial charge in [-0.2, -0.15) is 23.5 Å². The molecule has 2 heterocycles. The summed E-state index contributed by atoms with van der Waals surface area (Å²) in [6, 6.07) is 0.478. The monoisotopic (exact) mass is 246 g/mol. The summed E-state index contributed by atoms with van der Waals surface area (Å²) in [5.41, 5.74) is 5.37. The molecule has 1 aromatic rings. The number of nitrogens with zero attached hydrogens (tertiary/aromatic N) is 2. The van der Waals surface area contributed by atoms with E-state index in [0.29, 0.717) is 23.7 Å². The van der Waals surface area contributed by atoms with Crippen molar-refractivity contribution in [2.75, 3.05) is 29.1 Å². The fourth-order valence-corrected chi connectivity index (χ4v) is 3.87. The van der Waals surface area contributed by atoms with Gasteiger partial charge in [-0.15, -0.1) is 5.10 Å². The predicted octanol–water partition coefficient (Wildman–Crippen LogP) is 0.789. The van der Waals surface area contributed by atoms with Crippen LogP contribution in [-0.2, 0) is 6.54 Å². The lowest BCUT2D eigenvalue weighted by Gasteiger charge is -2.20. The normalized spacial score (nSPS) is 21.5. The number of thioether (sulfide) groups is 2. The highest BCUT2D eigenvalue weighted by Crippen LogP contribution is 2.24. The molecule has 0 aliphatic carbocycles. The first-order valence-corrected chi connectivity index (χ1v) is 7.04. The second kappa shape index (κ2) is 5.62. The third-order valence-corrected chi connectivity index (χ3v) is 4.85. The molecule has 0 saturated carbocycles. The van der Waals surface area contributed by atoms with Gasteiger partial charge in [0, 0.05) is 29.1 Å². The number of nitrogens with one attached hydrogen (secondary N) is 1. The van der Waals surface area contributed by atoms with Crippen molar-refractivity contribution in [2.24, 2.45) is 5.73 Å². The van der Waals surface area contributed by atoms with E-state index in [1.165, 1.54) is 17.3 Å². The molecular formula is C8H14N4OS2. The molecule has 15 heavy (non-hydrogen) atoms. The van der Waals surface area contributed by atoms with E-state index >= 15 is 0 Å². The summed E-state index contributed by atoms with van der Waals surface area (Å²) in [5, 5.41) is 11.4. The van der Waals surface area contributed by atoms with Crippen molar-refractivity contribution >= 4 is 29.5 Å². The first-order valence-electron chi connectivity index (χ1n) is 4.84. The zero-order valence-electron chi connectivity index (χ0n) is 8.31.